The molecule has 0 spiro atoms. The van der Waals surface area contributed by atoms with Gasteiger partial charge in [-0.15, -0.1) is 0 Å². The minimum atomic E-state index is -0.868. The Morgan fingerprint density at radius 3 is 2.70 bits per heavy atom. The summed E-state index contributed by atoms with van der Waals surface area (Å²) < 4.78 is 0. The summed E-state index contributed by atoms with van der Waals surface area (Å²) in [5, 5.41) is 15.7. The Balaban J connectivity index is 2.04. The van der Waals surface area contributed by atoms with E-state index in [1.54, 1.807) is 7.05 Å². The molecule has 1 saturated carbocycles. The number of rotatable bonds is 5. The number of hydrogen-bond donors (Lipinski definition) is 2. The molecule has 7 nitrogen and oxygen atoms in total. The van der Waals surface area contributed by atoms with E-state index in [-0.39, 0.29) is 5.91 Å². The lowest BCUT2D eigenvalue weighted by Gasteiger charge is -2.22. The van der Waals surface area contributed by atoms with Crippen LogP contribution < -0.4 is 0 Å². The third kappa shape index (κ3) is 2.97. The van der Waals surface area contributed by atoms with E-state index in [9.17, 15) is 14.7 Å². The van der Waals surface area contributed by atoms with Crippen molar-refractivity contribution in [2.75, 3.05) is 7.05 Å². The molecular formula is C13H20N4O3. The molecule has 0 aromatic carbocycles. The molecule has 1 heterocycles. The molecule has 7 heteroatoms. The number of H-pyrrole nitrogens is 1. The molecule has 1 aliphatic carbocycles. The fraction of sp³-hybridized carbons (Fsp3) is 0.692. The minimum absolute atomic E-state index is 0.121. The fourth-order valence-electron chi connectivity index (χ4n) is 2.91. The number of hydrogen-bond acceptors (Lipinski definition) is 4. The zero-order valence-electron chi connectivity index (χ0n) is 11.7. The van der Waals surface area contributed by atoms with E-state index >= 15 is 0 Å². The summed E-state index contributed by atoms with van der Waals surface area (Å²) in [6.07, 6.45) is 3.56. The molecule has 3 atom stereocenters. The largest absolute Gasteiger partial charge is 0.481 e. The smallest absolute Gasteiger partial charge is 0.307 e. The van der Waals surface area contributed by atoms with Crippen molar-refractivity contribution in [2.24, 2.45) is 17.8 Å². The summed E-state index contributed by atoms with van der Waals surface area (Å²) in [5.74, 6) is -1.06. The SMILES string of the molecule is CCC1C[C@H](C(=O)N(C)Cc2ncn[nH]2)[C@H](C(=O)O)C1. The summed E-state index contributed by atoms with van der Waals surface area (Å²) in [7, 11) is 1.67. The maximum absolute atomic E-state index is 12.4. The molecule has 1 aromatic rings. The molecule has 2 N–H and O–H groups in total. The average molecular weight is 280 g/mol. The molecule has 1 aliphatic rings. The molecule has 0 radical (unpaired) electrons. The zero-order valence-corrected chi connectivity index (χ0v) is 11.7. The first kappa shape index (κ1) is 14.5. The molecule has 0 saturated heterocycles. The van der Waals surface area contributed by atoms with E-state index in [0.29, 0.717) is 31.1 Å². The maximum atomic E-state index is 12.4. The van der Waals surface area contributed by atoms with Crippen LogP contribution in [0.3, 0.4) is 0 Å². The third-order valence-corrected chi connectivity index (χ3v) is 4.10. The predicted octanol–water partition coefficient (Wildman–Crippen LogP) is 0.900. The number of carbonyl (C=O) groups is 2. The van der Waals surface area contributed by atoms with E-state index in [4.69, 9.17) is 0 Å². The van der Waals surface area contributed by atoms with Crippen LogP contribution in [0.25, 0.3) is 0 Å². The van der Waals surface area contributed by atoms with Gasteiger partial charge in [0.05, 0.1) is 18.4 Å². The van der Waals surface area contributed by atoms with Crippen molar-refractivity contribution in [2.45, 2.75) is 32.7 Å². The maximum Gasteiger partial charge on any atom is 0.307 e. The number of aromatic nitrogens is 3. The van der Waals surface area contributed by atoms with Crippen molar-refractivity contribution in [3.8, 4) is 0 Å². The molecule has 0 bridgehead atoms. The van der Waals surface area contributed by atoms with Gasteiger partial charge in [-0.05, 0) is 18.8 Å². The average Bonchev–Trinajstić information content (AvgIpc) is 3.06. The molecule has 1 unspecified atom stereocenters. The number of nitrogens with one attached hydrogen (secondary N) is 1. The lowest BCUT2D eigenvalue weighted by Crippen LogP contribution is -2.36. The monoisotopic (exact) mass is 280 g/mol. The predicted molar refractivity (Wildman–Crippen MR) is 70.5 cm³/mol. The topological polar surface area (TPSA) is 99.2 Å². The molecule has 1 amide bonds. The van der Waals surface area contributed by atoms with E-state index < -0.39 is 17.8 Å². The Bertz CT molecular complexity index is 474. The molecule has 1 fully saturated rings. The van der Waals surface area contributed by atoms with E-state index in [1.165, 1.54) is 11.2 Å². The van der Waals surface area contributed by atoms with E-state index in [2.05, 4.69) is 15.2 Å². The van der Waals surface area contributed by atoms with Crippen LogP contribution in [0.2, 0.25) is 0 Å². The van der Waals surface area contributed by atoms with Crippen LogP contribution in [0.5, 0.6) is 0 Å². The highest BCUT2D eigenvalue weighted by molar-refractivity contribution is 5.85. The van der Waals surface area contributed by atoms with Crippen LogP contribution >= 0.6 is 0 Å². The molecular weight excluding hydrogens is 260 g/mol. The van der Waals surface area contributed by atoms with E-state index in [0.717, 1.165) is 6.42 Å². The highest BCUT2D eigenvalue weighted by Gasteiger charge is 2.43. The Kier molecular flexibility index (Phi) is 4.36. The summed E-state index contributed by atoms with van der Waals surface area (Å²) >= 11 is 0. The lowest BCUT2D eigenvalue weighted by atomic mass is 9.95. The van der Waals surface area contributed by atoms with Gasteiger partial charge in [0.15, 0.2) is 0 Å². The number of nitrogens with zero attached hydrogens (tertiary/aromatic N) is 3. The van der Waals surface area contributed by atoms with Gasteiger partial charge in [-0.1, -0.05) is 13.3 Å². The number of carbonyl (C=O) groups excluding carboxylic acids is 1. The second kappa shape index (κ2) is 6.02. The van der Waals surface area contributed by atoms with Gasteiger partial charge in [0.1, 0.15) is 12.2 Å². The Morgan fingerprint density at radius 2 is 2.15 bits per heavy atom. The van der Waals surface area contributed by atoms with Gasteiger partial charge in [0.25, 0.3) is 0 Å². The number of aromatic amines is 1. The van der Waals surface area contributed by atoms with Crippen LogP contribution in [-0.4, -0.2) is 44.1 Å². The Labute approximate surface area is 117 Å². The van der Waals surface area contributed by atoms with Crippen molar-refractivity contribution in [1.29, 1.82) is 0 Å². The van der Waals surface area contributed by atoms with Gasteiger partial charge in [-0.25, -0.2) is 4.98 Å². The second-order valence-electron chi connectivity index (χ2n) is 5.42. The first-order valence-corrected chi connectivity index (χ1v) is 6.85. The fourth-order valence-corrected chi connectivity index (χ4v) is 2.91. The van der Waals surface area contributed by atoms with Gasteiger partial charge >= 0.3 is 5.97 Å². The number of carboxylic acids is 1. The van der Waals surface area contributed by atoms with Crippen LogP contribution in [0.4, 0.5) is 0 Å². The highest BCUT2D eigenvalue weighted by Crippen LogP contribution is 2.39. The molecule has 0 aliphatic heterocycles. The third-order valence-electron chi connectivity index (χ3n) is 4.10. The normalized spacial score (nSPS) is 25.6. The number of amides is 1. The molecule has 2 rings (SSSR count). The quantitative estimate of drug-likeness (QED) is 0.834. The minimum Gasteiger partial charge on any atom is -0.481 e. The number of aliphatic carboxylic acids is 1. The van der Waals surface area contributed by atoms with E-state index in [1.807, 2.05) is 6.92 Å². The lowest BCUT2D eigenvalue weighted by molar-refractivity contribution is -0.148. The van der Waals surface area contributed by atoms with Crippen molar-refractivity contribution in [3.63, 3.8) is 0 Å². The van der Waals surface area contributed by atoms with Gasteiger partial charge < -0.3 is 10.0 Å². The van der Waals surface area contributed by atoms with Gasteiger partial charge in [0, 0.05) is 7.05 Å². The summed E-state index contributed by atoms with van der Waals surface area (Å²) in [4.78, 5) is 29.3. The van der Waals surface area contributed by atoms with Gasteiger partial charge in [-0.2, -0.15) is 5.10 Å². The number of carboxylic acid groups (broad SMARTS) is 1. The Hall–Kier alpha value is -1.92. The first-order valence-electron chi connectivity index (χ1n) is 6.85. The zero-order chi connectivity index (χ0) is 14.7. The summed E-state index contributed by atoms with van der Waals surface area (Å²) in [6.45, 7) is 2.35. The van der Waals surface area contributed by atoms with Crippen molar-refractivity contribution in [3.05, 3.63) is 12.2 Å². The van der Waals surface area contributed by atoms with Gasteiger partial charge in [-0.3, -0.25) is 14.7 Å². The molecule has 110 valence electrons. The van der Waals surface area contributed by atoms with Crippen LogP contribution in [0.15, 0.2) is 6.33 Å². The van der Waals surface area contributed by atoms with Crippen molar-refractivity contribution < 1.29 is 14.7 Å². The highest BCUT2D eigenvalue weighted by atomic mass is 16.4. The Morgan fingerprint density at radius 1 is 1.45 bits per heavy atom. The van der Waals surface area contributed by atoms with Crippen molar-refractivity contribution in [1.82, 2.24) is 20.1 Å². The van der Waals surface area contributed by atoms with Crippen LogP contribution in [0, 0.1) is 17.8 Å². The molecule has 1 aromatic heterocycles. The molecule has 20 heavy (non-hydrogen) atoms. The summed E-state index contributed by atoms with van der Waals surface area (Å²) in [6, 6.07) is 0. The second-order valence-corrected chi connectivity index (χ2v) is 5.42. The van der Waals surface area contributed by atoms with Crippen LogP contribution in [0.1, 0.15) is 32.0 Å². The first-order chi connectivity index (χ1) is 9.52. The summed E-state index contributed by atoms with van der Waals surface area (Å²) in [5.41, 5.74) is 0. The van der Waals surface area contributed by atoms with Crippen LogP contribution in [-0.2, 0) is 16.1 Å². The van der Waals surface area contributed by atoms with Crippen molar-refractivity contribution >= 4 is 11.9 Å². The standard InChI is InChI=1S/C13H20N4O3/c1-3-8-4-9(10(5-8)13(19)20)12(18)17(2)6-11-14-7-15-16-11/h7-10H,3-6H2,1-2H3,(H,19,20)(H,14,15,16)/t8?,9-,10+/m0/s1. The van der Waals surface area contributed by atoms with Gasteiger partial charge in [0.2, 0.25) is 5.91 Å².